The number of likely N-dealkylation sites (tertiary alicyclic amines) is 1. The fraction of sp³-hybridized carbons (Fsp3) is 0.458. The van der Waals surface area contributed by atoms with Gasteiger partial charge in [0.1, 0.15) is 23.0 Å². The summed E-state index contributed by atoms with van der Waals surface area (Å²) in [6.07, 6.45) is -1.73. The molecule has 0 spiro atoms. The van der Waals surface area contributed by atoms with E-state index in [-0.39, 0.29) is 35.1 Å². The van der Waals surface area contributed by atoms with Crippen molar-refractivity contribution in [1.82, 2.24) is 14.9 Å². The first-order valence-electron chi connectivity index (χ1n) is 11.5. The van der Waals surface area contributed by atoms with Crippen LogP contribution in [0.2, 0.25) is 0 Å². The summed E-state index contributed by atoms with van der Waals surface area (Å²) in [7, 11) is 3.54. The molecule has 0 saturated carbocycles. The van der Waals surface area contributed by atoms with Gasteiger partial charge in [-0.1, -0.05) is 12.8 Å². The Bertz CT molecular complexity index is 1170. The number of benzene rings is 1. The number of rotatable bonds is 8. The van der Waals surface area contributed by atoms with Crippen LogP contribution >= 0.6 is 0 Å². The molecule has 11 heteroatoms. The van der Waals surface area contributed by atoms with Crippen LogP contribution in [-0.2, 0) is 12.7 Å². The number of anilines is 3. The highest BCUT2D eigenvalue weighted by Gasteiger charge is 2.35. The number of nitrogens with one attached hydrogen (secondary N) is 3. The van der Waals surface area contributed by atoms with Crippen LogP contribution < -0.4 is 15.4 Å². The molecule has 4 rings (SSSR count). The molecule has 0 amide bonds. The third kappa shape index (κ3) is 5.62. The molecule has 0 atom stereocenters. The van der Waals surface area contributed by atoms with Crippen molar-refractivity contribution in [1.29, 1.82) is 0 Å². The summed E-state index contributed by atoms with van der Waals surface area (Å²) in [4.78, 5) is 9.11. The van der Waals surface area contributed by atoms with Gasteiger partial charge in [-0.05, 0) is 38.7 Å². The molecule has 0 bridgehead atoms. The van der Waals surface area contributed by atoms with Gasteiger partial charge < -0.3 is 30.6 Å². The molecule has 7 nitrogen and oxygen atoms in total. The van der Waals surface area contributed by atoms with Crippen molar-refractivity contribution >= 4 is 28.2 Å². The van der Waals surface area contributed by atoms with Gasteiger partial charge in [-0.3, -0.25) is 0 Å². The number of methoxy groups -OCH3 is 1. The molecule has 35 heavy (non-hydrogen) atoms. The maximum absolute atomic E-state index is 14.9. The SMILES string of the molecule is CCNc1cc(Nc2cc(F)c(C[N-]C3CCN(C)CC3)cc2OC)nc2[nH]cc(C(F)(F)F)c12. The lowest BCUT2D eigenvalue weighted by Gasteiger charge is -2.38. The minimum Gasteiger partial charge on any atom is -0.656 e. The van der Waals surface area contributed by atoms with Gasteiger partial charge in [0, 0.05) is 30.6 Å². The van der Waals surface area contributed by atoms with Crippen molar-refractivity contribution in [2.45, 2.75) is 38.5 Å². The third-order valence-electron chi connectivity index (χ3n) is 6.15. The molecule has 3 N–H and O–H groups in total. The molecule has 190 valence electrons. The highest BCUT2D eigenvalue weighted by molar-refractivity contribution is 5.95. The van der Waals surface area contributed by atoms with E-state index in [0.29, 0.717) is 23.5 Å². The number of ether oxygens (including phenoxy) is 1. The van der Waals surface area contributed by atoms with Gasteiger partial charge in [-0.15, -0.1) is 12.6 Å². The number of piperidine rings is 1. The van der Waals surface area contributed by atoms with E-state index in [1.807, 2.05) is 0 Å². The van der Waals surface area contributed by atoms with E-state index in [2.05, 4.69) is 37.9 Å². The van der Waals surface area contributed by atoms with Crippen molar-refractivity contribution < 1.29 is 22.3 Å². The Hall–Kier alpha value is -3.05. The van der Waals surface area contributed by atoms with E-state index in [9.17, 15) is 17.6 Å². The first kappa shape index (κ1) is 25.1. The van der Waals surface area contributed by atoms with Crippen molar-refractivity contribution in [3.8, 4) is 5.75 Å². The van der Waals surface area contributed by atoms with E-state index >= 15 is 0 Å². The van der Waals surface area contributed by atoms with Gasteiger partial charge in [0.2, 0.25) is 0 Å². The number of H-pyrrole nitrogens is 1. The molecule has 0 unspecified atom stereocenters. The molecule has 0 radical (unpaired) electrons. The summed E-state index contributed by atoms with van der Waals surface area (Å²) in [6.45, 7) is 4.39. The number of aromatic nitrogens is 2. The second kappa shape index (κ2) is 10.3. The Kier molecular flexibility index (Phi) is 7.36. The van der Waals surface area contributed by atoms with Crippen molar-refractivity contribution in [3.63, 3.8) is 0 Å². The van der Waals surface area contributed by atoms with Crippen molar-refractivity contribution in [2.75, 3.05) is 44.4 Å². The van der Waals surface area contributed by atoms with Gasteiger partial charge in [-0.2, -0.15) is 13.2 Å². The van der Waals surface area contributed by atoms with Crippen molar-refractivity contribution in [2.24, 2.45) is 0 Å². The van der Waals surface area contributed by atoms with Crippen LogP contribution in [0.4, 0.5) is 34.8 Å². The lowest BCUT2D eigenvalue weighted by Crippen LogP contribution is -2.32. The normalized spacial score (nSPS) is 15.5. The Morgan fingerprint density at radius 1 is 1.20 bits per heavy atom. The Morgan fingerprint density at radius 2 is 1.94 bits per heavy atom. The number of fused-ring (bicyclic) bond motifs is 1. The summed E-state index contributed by atoms with van der Waals surface area (Å²) < 4.78 is 60.7. The fourth-order valence-corrected chi connectivity index (χ4v) is 4.28. The first-order valence-corrected chi connectivity index (χ1v) is 11.5. The number of hydrogen-bond donors (Lipinski definition) is 3. The molecule has 1 aliphatic rings. The van der Waals surface area contributed by atoms with Crippen LogP contribution in [0.3, 0.4) is 0 Å². The Balaban J connectivity index is 1.58. The zero-order chi connectivity index (χ0) is 25.2. The van der Waals surface area contributed by atoms with Gasteiger partial charge in [0.05, 0.1) is 23.7 Å². The average molecular weight is 494 g/mol. The Labute approximate surface area is 201 Å². The zero-order valence-electron chi connectivity index (χ0n) is 19.9. The molecule has 1 aliphatic heterocycles. The molecule has 0 aliphatic carbocycles. The van der Waals surface area contributed by atoms with E-state index in [1.54, 1.807) is 13.0 Å². The summed E-state index contributed by atoms with van der Waals surface area (Å²) in [6, 6.07) is 4.57. The molecular formula is C24H29F4N6O-. The largest absolute Gasteiger partial charge is 0.656 e. The van der Waals surface area contributed by atoms with Gasteiger partial charge in [-0.25, -0.2) is 9.37 Å². The van der Waals surface area contributed by atoms with Crippen LogP contribution in [0, 0.1) is 5.82 Å². The van der Waals surface area contributed by atoms with E-state index in [4.69, 9.17) is 4.74 Å². The quantitative estimate of drug-likeness (QED) is 0.342. The predicted molar refractivity (Wildman–Crippen MR) is 129 cm³/mol. The molecule has 1 saturated heterocycles. The maximum Gasteiger partial charge on any atom is 0.418 e. The number of pyridine rings is 1. The van der Waals surface area contributed by atoms with Crippen LogP contribution in [0.15, 0.2) is 24.4 Å². The highest BCUT2D eigenvalue weighted by Crippen LogP contribution is 2.39. The lowest BCUT2D eigenvalue weighted by atomic mass is 10.0. The van der Waals surface area contributed by atoms with Gasteiger partial charge >= 0.3 is 6.18 Å². The van der Waals surface area contributed by atoms with E-state index in [1.165, 1.54) is 19.2 Å². The Morgan fingerprint density at radius 3 is 2.60 bits per heavy atom. The summed E-state index contributed by atoms with van der Waals surface area (Å²) in [5, 5.41) is 10.6. The molecule has 2 aromatic heterocycles. The molecule has 3 heterocycles. The summed E-state index contributed by atoms with van der Waals surface area (Å²) >= 11 is 0. The van der Waals surface area contributed by atoms with Crippen LogP contribution in [0.5, 0.6) is 5.75 Å². The van der Waals surface area contributed by atoms with Crippen LogP contribution in [0.25, 0.3) is 16.4 Å². The second-order valence-electron chi connectivity index (χ2n) is 8.65. The number of hydrogen-bond acceptors (Lipinski definition) is 5. The number of aromatic amines is 1. The van der Waals surface area contributed by atoms with E-state index < -0.39 is 17.6 Å². The topological polar surface area (TPSA) is 79.3 Å². The smallest absolute Gasteiger partial charge is 0.418 e. The maximum atomic E-state index is 14.9. The van der Waals surface area contributed by atoms with Crippen LogP contribution in [-0.4, -0.2) is 54.7 Å². The fourth-order valence-electron chi connectivity index (χ4n) is 4.28. The van der Waals surface area contributed by atoms with Crippen LogP contribution in [0.1, 0.15) is 30.9 Å². The molecule has 1 fully saturated rings. The standard InChI is InChI=1S/C24H29F4N6O/c1-4-29-19-11-21(33-23-22(19)16(13-31-23)24(26,27)28)32-18-10-17(25)14(9-20(18)35-3)12-30-15-5-7-34(2)8-6-15/h9-11,13,15H,4-8,12H2,1-3H3,(H3,29,31,32,33)/q-1. The third-order valence-corrected chi connectivity index (χ3v) is 6.15. The first-order chi connectivity index (χ1) is 16.7. The number of nitrogens with zero attached hydrogens (tertiary/aromatic N) is 3. The van der Waals surface area contributed by atoms with E-state index in [0.717, 1.165) is 32.1 Å². The summed E-state index contributed by atoms with van der Waals surface area (Å²) in [5.41, 5.74) is 0.254. The number of alkyl halides is 3. The second-order valence-corrected chi connectivity index (χ2v) is 8.65. The monoisotopic (exact) mass is 493 g/mol. The lowest BCUT2D eigenvalue weighted by molar-refractivity contribution is -0.136. The van der Waals surface area contributed by atoms with Crippen molar-refractivity contribution in [3.05, 3.63) is 46.7 Å². The summed E-state index contributed by atoms with van der Waals surface area (Å²) in [5.74, 6) is 0.178. The minimum atomic E-state index is -4.53. The van der Waals surface area contributed by atoms with Gasteiger partial charge in [0.15, 0.2) is 0 Å². The van der Waals surface area contributed by atoms with Gasteiger partial charge in [0.25, 0.3) is 0 Å². The predicted octanol–water partition coefficient (Wildman–Crippen LogP) is 5.87. The molecule has 1 aromatic carbocycles. The molecule has 3 aromatic rings. The minimum absolute atomic E-state index is 0.0473. The number of halogens is 4. The molecular weight excluding hydrogens is 464 g/mol. The highest BCUT2D eigenvalue weighted by atomic mass is 19.4. The average Bonchev–Trinajstić information content (AvgIpc) is 3.25. The zero-order valence-corrected chi connectivity index (χ0v) is 19.9.